The molecule has 1 aromatic carbocycles. The Morgan fingerprint density at radius 3 is 2.11 bits per heavy atom. The lowest BCUT2D eigenvalue weighted by molar-refractivity contribution is 0.120. The fraction of sp³-hybridized carbons (Fsp3) is 0.688. The molecule has 4 rings (SSSR count). The van der Waals surface area contributed by atoms with Gasteiger partial charge in [0.1, 0.15) is 0 Å². The molecule has 3 aliphatic carbocycles. The highest BCUT2D eigenvalue weighted by molar-refractivity contribution is 5.67. The summed E-state index contributed by atoms with van der Waals surface area (Å²) in [5.74, 6) is 2.81. The Morgan fingerprint density at radius 1 is 0.857 bits per heavy atom. The van der Waals surface area contributed by atoms with E-state index in [1.165, 1.54) is 77.0 Å². The predicted molar refractivity (Wildman–Crippen MR) is 142 cm³/mol. The molecule has 1 aromatic rings. The van der Waals surface area contributed by atoms with Crippen molar-refractivity contribution in [2.75, 3.05) is 6.61 Å². The van der Waals surface area contributed by atoms with Crippen LogP contribution in [0.15, 0.2) is 30.9 Å². The Hall–Kier alpha value is -1.64. The molecule has 2 saturated carbocycles. The minimum Gasteiger partial charge on any atom is -0.491 e. The summed E-state index contributed by atoms with van der Waals surface area (Å²) in [7, 11) is 0. The van der Waals surface area contributed by atoms with E-state index in [9.17, 15) is 8.78 Å². The largest absolute Gasteiger partial charge is 0.491 e. The van der Waals surface area contributed by atoms with Gasteiger partial charge in [0.25, 0.3) is 0 Å². The molecule has 194 valence electrons. The lowest BCUT2D eigenvalue weighted by atomic mass is 9.65. The van der Waals surface area contributed by atoms with Gasteiger partial charge in [0.2, 0.25) is 5.82 Å². The summed E-state index contributed by atoms with van der Waals surface area (Å²) < 4.78 is 34.2. The van der Waals surface area contributed by atoms with E-state index in [1.54, 1.807) is 19.1 Å². The molecule has 0 bridgehead atoms. The van der Waals surface area contributed by atoms with Crippen molar-refractivity contribution >= 4 is 5.57 Å². The van der Waals surface area contributed by atoms with Gasteiger partial charge in [-0.3, -0.25) is 0 Å². The van der Waals surface area contributed by atoms with Crippen molar-refractivity contribution in [2.45, 2.75) is 103 Å². The minimum atomic E-state index is -0.854. The zero-order chi connectivity index (χ0) is 24.6. The molecule has 0 amide bonds. The van der Waals surface area contributed by atoms with Crippen LogP contribution in [0.1, 0.15) is 109 Å². The first-order valence-electron chi connectivity index (χ1n) is 14.5. The van der Waals surface area contributed by atoms with Crippen LogP contribution in [0.4, 0.5) is 8.78 Å². The van der Waals surface area contributed by atoms with E-state index in [-0.39, 0.29) is 5.75 Å². The first-order chi connectivity index (χ1) is 17.1. The van der Waals surface area contributed by atoms with Gasteiger partial charge in [-0.05, 0) is 125 Å². The quantitative estimate of drug-likeness (QED) is 0.237. The molecule has 1 unspecified atom stereocenters. The van der Waals surface area contributed by atoms with Crippen molar-refractivity contribution in [3.05, 3.63) is 48.1 Å². The maximum Gasteiger partial charge on any atom is 0.201 e. The fourth-order valence-corrected chi connectivity index (χ4v) is 7.33. The van der Waals surface area contributed by atoms with E-state index >= 15 is 0 Å². The average molecular weight is 485 g/mol. The first-order valence-corrected chi connectivity index (χ1v) is 14.5. The number of hydrogen-bond donors (Lipinski definition) is 0. The molecule has 0 N–H and O–H groups in total. The Kier molecular flexibility index (Phi) is 9.86. The van der Waals surface area contributed by atoms with Gasteiger partial charge in [0.05, 0.1) is 6.61 Å². The Labute approximate surface area is 212 Å². The van der Waals surface area contributed by atoms with Gasteiger partial charge in [-0.1, -0.05) is 37.8 Å². The maximum absolute atomic E-state index is 14.7. The van der Waals surface area contributed by atoms with Gasteiger partial charge >= 0.3 is 0 Å². The molecule has 2 fully saturated rings. The normalized spacial score (nSPS) is 29.5. The van der Waals surface area contributed by atoms with Crippen molar-refractivity contribution < 1.29 is 13.5 Å². The Bertz CT molecular complexity index is 843. The summed E-state index contributed by atoms with van der Waals surface area (Å²) in [5.41, 5.74) is 1.39. The van der Waals surface area contributed by atoms with E-state index < -0.39 is 11.6 Å². The van der Waals surface area contributed by atoms with E-state index in [2.05, 4.69) is 18.7 Å². The Morgan fingerprint density at radius 2 is 1.51 bits per heavy atom. The van der Waals surface area contributed by atoms with Crippen LogP contribution in [-0.2, 0) is 0 Å². The summed E-state index contributed by atoms with van der Waals surface area (Å²) in [5, 5.41) is 0. The van der Waals surface area contributed by atoms with E-state index in [0.29, 0.717) is 18.1 Å². The molecule has 0 radical (unpaired) electrons. The van der Waals surface area contributed by atoms with Crippen LogP contribution >= 0.6 is 0 Å². The maximum atomic E-state index is 14.7. The third kappa shape index (κ3) is 6.77. The van der Waals surface area contributed by atoms with Crippen molar-refractivity contribution in [2.24, 2.45) is 29.6 Å². The molecular formula is C32H46F2O. The molecule has 0 spiro atoms. The topological polar surface area (TPSA) is 9.23 Å². The van der Waals surface area contributed by atoms with E-state index in [4.69, 9.17) is 4.74 Å². The number of hydrogen-bond acceptors (Lipinski definition) is 1. The third-order valence-electron chi connectivity index (χ3n) is 9.46. The third-order valence-corrected chi connectivity index (χ3v) is 9.46. The number of benzene rings is 1. The highest BCUT2D eigenvalue weighted by Gasteiger charge is 2.34. The van der Waals surface area contributed by atoms with Gasteiger partial charge < -0.3 is 4.74 Å². The van der Waals surface area contributed by atoms with Crippen LogP contribution in [0, 0.1) is 41.2 Å². The molecule has 1 nitrogen and oxygen atoms in total. The molecule has 1 atom stereocenters. The second-order valence-corrected chi connectivity index (χ2v) is 11.5. The van der Waals surface area contributed by atoms with Crippen LogP contribution in [0.3, 0.4) is 0 Å². The van der Waals surface area contributed by atoms with E-state index in [1.807, 2.05) is 0 Å². The molecule has 3 aliphatic rings. The van der Waals surface area contributed by atoms with Gasteiger partial charge in [0.15, 0.2) is 11.6 Å². The molecule has 3 heteroatoms. The van der Waals surface area contributed by atoms with Crippen LogP contribution < -0.4 is 4.74 Å². The molecule has 0 aliphatic heterocycles. The number of allylic oxidation sites excluding steroid dienone is 3. The van der Waals surface area contributed by atoms with Crippen molar-refractivity contribution in [3.8, 4) is 5.75 Å². The van der Waals surface area contributed by atoms with Crippen LogP contribution in [0.2, 0.25) is 0 Å². The smallest absolute Gasteiger partial charge is 0.201 e. The zero-order valence-electron chi connectivity index (χ0n) is 21.9. The highest BCUT2D eigenvalue weighted by atomic mass is 19.2. The second kappa shape index (κ2) is 13.1. The average Bonchev–Trinajstić information content (AvgIpc) is 2.90. The highest BCUT2D eigenvalue weighted by Crippen LogP contribution is 2.46. The number of rotatable bonds is 10. The number of halogens is 2. The van der Waals surface area contributed by atoms with E-state index in [0.717, 1.165) is 48.5 Å². The number of unbranched alkanes of at least 4 members (excludes halogenated alkanes) is 2. The first kappa shape index (κ1) is 26.4. The standard InChI is InChI=1S/C32H46F2O/c1-3-5-6-7-8-23-9-11-24(12-10-23)25-13-15-26(16-14-25)27-17-19-28(20-18-27)29-21-22-30(35-4-2)32(34)31(29)33/h3,19,21-27H,1,4-18,20H2,2H3. The summed E-state index contributed by atoms with van der Waals surface area (Å²) in [6.45, 7) is 5.95. The van der Waals surface area contributed by atoms with Gasteiger partial charge in [-0.2, -0.15) is 4.39 Å². The summed E-state index contributed by atoms with van der Waals surface area (Å²) in [6.07, 6.45) is 23.9. The van der Waals surface area contributed by atoms with Crippen LogP contribution in [0.5, 0.6) is 5.75 Å². The molecule has 0 saturated heterocycles. The predicted octanol–water partition coefficient (Wildman–Crippen LogP) is 9.91. The SMILES string of the molecule is C=CCCCCC1CCC(C2CCC(C3CC=C(c4ccc(OCC)c(F)c4F)CC3)CC2)CC1. The second-order valence-electron chi connectivity index (χ2n) is 11.5. The number of ether oxygens (including phenoxy) is 1. The molecular weight excluding hydrogens is 438 g/mol. The molecule has 35 heavy (non-hydrogen) atoms. The summed E-state index contributed by atoms with van der Waals surface area (Å²) in [6, 6.07) is 3.26. The minimum absolute atomic E-state index is 0.0109. The monoisotopic (exact) mass is 484 g/mol. The molecule has 0 heterocycles. The summed E-state index contributed by atoms with van der Waals surface area (Å²) in [4.78, 5) is 0. The van der Waals surface area contributed by atoms with Gasteiger partial charge in [-0.25, -0.2) is 4.39 Å². The van der Waals surface area contributed by atoms with Crippen molar-refractivity contribution in [3.63, 3.8) is 0 Å². The van der Waals surface area contributed by atoms with Crippen molar-refractivity contribution in [1.29, 1.82) is 0 Å². The van der Waals surface area contributed by atoms with Crippen LogP contribution in [-0.4, -0.2) is 6.61 Å². The lowest BCUT2D eigenvalue weighted by Crippen LogP contribution is -2.28. The molecule has 0 aromatic heterocycles. The zero-order valence-corrected chi connectivity index (χ0v) is 21.9. The van der Waals surface area contributed by atoms with Crippen molar-refractivity contribution in [1.82, 2.24) is 0 Å². The van der Waals surface area contributed by atoms with Crippen LogP contribution in [0.25, 0.3) is 5.57 Å². The van der Waals surface area contributed by atoms with Gasteiger partial charge in [0, 0.05) is 5.56 Å². The van der Waals surface area contributed by atoms with Gasteiger partial charge in [-0.15, -0.1) is 6.58 Å². The Balaban J connectivity index is 1.21. The summed E-state index contributed by atoms with van der Waals surface area (Å²) >= 11 is 0. The fourth-order valence-electron chi connectivity index (χ4n) is 7.33. The lowest BCUT2D eigenvalue weighted by Gasteiger charge is -2.40.